The Morgan fingerprint density at radius 3 is 1.81 bits per heavy atom. The zero-order valence-corrected chi connectivity index (χ0v) is 31.3. The molecule has 0 fully saturated rings. The van der Waals surface area contributed by atoms with Crippen molar-refractivity contribution in [1.29, 1.82) is 0 Å². The summed E-state index contributed by atoms with van der Waals surface area (Å²) in [6.45, 7) is 0. The van der Waals surface area contributed by atoms with Crippen molar-refractivity contribution in [2.45, 2.75) is 17.9 Å². The molecule has 6 heteroatoms. The van der Waals surface area contributed by atoms with E-state index >= 15 is 0 Å². The molecule has 2 atom stereocenters. The van der Waals surface area contributed by atoms with E-state index in [1.807, 2.05) is 18.2 Å². The van der Waals surface area contributed by atoms with E-state index in [2.05, 4.69) is 191 Å². The fourth-order valence-electron chi connectivity index (χ4n) is 9.65. The zero-order chi connectivity index (χ0) is 38.2. The molecular weight excluding hydrogens is 713 g/mol. The van der Waals surface area contributed by atoms with Crippen LogP contribution in [-0.2, 0) is 5.41 Å². The Morgan fingerprint density at radius 1 is 0.466 bits per heavy atom. The van der Waals surface area contributed by atoms with Crippen LogP contribution < -0.4 is 25.0 Å². The molecule has 276 valence electrons. The lowest BCUT2D eigenvalue weighted by Gasteiger charge is -2.43. The van der Waals surface area contributed by atoms with Crippen molar-refractivity contribution in [1.82, 2.24) is 10.6 Å². The summed E-state index contributed by atoms with van der Waals surface area (Å²) in [5, 5.41) is 7.64. The third-order valence-corrected chi connectivity index (χ3v) is 12.0. The Bertz CT molecular complexity index is 2900. The number of hydrogen-bond acceptors (Lipinski definition) is 6. The van der Waals surface area contributed by atoms with Crippen molar-refractivity contribution in [3.63, 3.8) is 0 Å². The summed E-state index contributed by atoms with van der Waals surface area (Å²) in [7, 11) is 0. The molecule has 0 saturated carbocycles. The largest absolute Gasteiger partial charge is 0.457 e. The summed E-state index contributed by atoms with van der Waals surface area (Å²) in [4.78, 5) is 7.53. The molecule has 3 aliphatic heterocycles. The normalized spacial score (nSPS) is 17.5. The Labute approximate surface area is 336 Å². The standard InChI is InChI=1S/C52H36N4O2/c1-3-17-33(18-4-1)49-53-50(34-19-5-2-6-20-34)55-51(54-49)56-42-28-11-14-32-46(42)58-48-36(23-16-29-43(48)56)35-22-15-27-41-47(35)37-21-7-8-24-38(37)52(41)39-25-9-12-30-44(39)57-45-31-13-10-26-40(45)52/h1-32,49,51,54H,(H,53,55). The van der Waals surface area contributed by atoms with Crippen LogP contribution in [0.3, 0.4) is 0 Å². The van der Waals surface area contributed by atoms with E-state index < -0.39 is 5.41 Å². The van der Waals surface area contributed by atoms with Crippen molar-refractivity contribution in [3.05, 3.63) is 228 Å². The second kappa shape index (κ2) is 12.8. The summed E-state index contributed by atoms with van der Waals surface area (Å²) in [5.74, 6) is 4.15. The predicted molar refractivity (Wildman–Crippen MR) is 230 cm³/mol. The number of aliphatic imine (C=N–C) groups is 1. The first-order valence-electron chi connectivity index (χ1n) is 19.8. The van der Waals surface area contributed by atoms with Crippen LogP contribution in [0.5, 0.6) is 23.0 Å². The van der Waals surface area contributed by atoms with Gasteiger partial charge in [0.15, 0.2) is 17.8 Å². The number of hydrogen-bond donors (Lipinski definition) is 2. The fourth-order valence-corrected chi connectivity index (χ4v) is 9.65. The molecule has 58 heavy (non-hydrogen) atoms. The molecule has 12 rings (SSSR count). The highest BCUT2D eigenvalue weighted by atomic mass is 16.5. The van der Waals surface area contributed by atoms with Crippen LogP contribution in [-0.4, -0.2) is 12.1 Å². The maximum absolute atomic E-state index is 7.06. The average molecular weight is 749 g/mol. The number of benzene rings is 8. The van der Waals surface area contributed by atoms with E-state index in [1.165, 1.54) is 22.3 Å². The number of para-hydroxylation sites is 5. The van der Waals surface area contributed by atoms with Gasteiger partial charge in [-0.05, 0) is 63.7 Å². The van der Waals surface area contributed by atoms with Gasteiger partial charge in [-0.2, -0.15) is 0 Å². The van der Waals surface area contributed by atoms with E-state index in [4.69, 9.17) is 14.5 Å². The van der Waals surface area contributed by atoms with Gasteiger partial charge in [-0.15, -0.1) is 0 Å². The Hall–Kier alpha value is -7.41. The SMILES string of the molecule is c1ccc(C2=NC(c3ccccc3)NC(N3c4ccccc4Oc4c(-c5cccc6c5-c5ccccc5C65c6ccccc6Oc6ccccc65)cccc43)N2)cc1. The minimum atomic E-state index is -0.572. The molecule has 0 amide bonds. The second-order valence-corrected chi connectivity index (χ2v) is 15.1. The Morgan fingerprint density at radius 2 is 1.03 bits per heavy atom. The summed E-state index contributed by atoms with van der Waals surface area (Å²) >= 11 is 0. The van der Waals surface area contributed by atoms with Gasteiger partial charge in [-0.3, -0.25) is 5.32 Å². The van der Waals surface area contributed by atoms with E-state index in [0.29, 0.717) is 0 Å². The van der Waals surface area contributed by atoms with Crippen LogP contribution >= 0.6 is 0 Å². The minimum absolute atomic E-state index is 0.292. The highest BCUT2D eigenvalue weighted by Gasteiger charge is 2.51. The third-order valence-electron chi connectivity index (χ3n) is 12.0. The van der Waals surface area contributed by atoms with Crippen LogP contribution in [0.25, 0.3) is 22.3 Å². The van der Waals surface area contributed by atoms with Crippen molar-refractivity contribution in [2.24, 2.45) is 4.99 Å². The van der Waals surface area contributed by atoms with Crippen LogP contribution in [0.15, 0.2) is 199 Å². The highest BCUT2D eigenvalue weighted by molar-refractivity contribution is 6.01. The van der Waals surface area contributed by atoms with Crippen LogP contribution in [0.4, 0.5) is 11.4 Å². The molecule has 6 nitrogen and oxygen atoms in total. The van der Waals surface area contributed by atoms with Gasteiger partial charge >= 0.3 is 0 Å². The minimum Gasteiger partial charge on any atom is -0.457 e. The van der Waals surface area contributed by atoms with Crippen LogP contribution in [0.2, 0.25) is 0 Å². The van der Waals surface area contributed by atoms with Gasteiger partial charge < -0.3 is 19.7 Å². The first-order chi connectivity index (χ1) is 28.8. The molecular formula is C52H36N4O2. The van der Waals surface area contributed by atoms with E-state index in [1.54, 1.807) is 0 Å². The summed E-state index contributed by atoms with van der Waals surface area (Å²) in [6, 6.07) is 68.2. The fraction of sp³-hybridized carbons (Fsp3) is 0.0577. The maximum atomic E-state index is 7.06. The number of fused-ring (bicyclic) bond motifs is 11. The van der Waals surface area contributed by atoms with Gasteiger partial charge in [-0.1, -0.05) is 164 Å². The average Bonchev–Trinajstić information content (AvgIpc) is 3.59. The van der Waals surface area contributed by atoms with Gasteiger partial charge in [-0.25, -0.2) is 4.99 Å². The maximum Gasteiger partial charge on any atom is 0.163 e. The van der Waals surface area contributed by atoms with Crippen LogP contribution in [0, 0.1) is 0 Å². The molecule has 3 heterocycles. The van der Waals surface area contributed by atoms with Gasteiger partial charge in [0.25, 0.3) is 0 Å². The monoisotopic (exact) mass is 748 g/mol. The quantitative estimate of drug-likeness (QED) is 0.188. The predicted octanol–water partition coefficient (Wildman–Crippen LogP) is 11.7. The lowest BCUT2D eigenvalue weighted by molar-refractivity contribution is 0.388. The molecule has 2 unspecified atom stereocenters. The number of nitrogens with zero attached hydrogens (tertiary/aromatic N) is 2. The summed E-state index contributed by atoms with van der Waals surface area (Å²) in [6.07, 6.45) is -0.669. The molecule has 0 radical (unpaired) electrons. The summed E-state index contributed by atoms with van der Waals surface area (Å²) in [5.41, 5.74) is 12.7. The molecule has 0 aromatic heterocycles. The Balaban J connectivity index is 1.06. The number of rotatable bonds is 4. The molecule has 8 aromatic carbocycles. The molecule has 1 spiro atoms. The van der Waals surface area contributed by atoms with Crippen molar-refractivity contribution < 1.29 is 9.47 Å². The number of ether oxygens (including phenoxy) is 2. The van der Waals surface area contributed by atoms with Crippen molar-refractivity contribution in [2.75, 3.05) is 4.90 Å². The molecule has 1 aliphatic carbocycles. The van der Waals surface area contributed by atoms with Crippen LogP contribution in [0.1, 0.15) is 39.5 Å². The van der Waals surface area contributed by atoms with Gasteiger partial charge in [0.1, 0.15) is 23.5 Å². The molecule has 0 bridgehead atoms. The zero-order valence-electron chi connectivity index (χ0n) is 31.3. The first-order valence-corrected chi connectivity index (χ1v) is 19.8. The highest BCUT2D eigenvalue weighted by Crippen LogP contribution is 2.64. The van der Waals surface area contributed by atoms with E-state index in [9.17, 15) is 0 Å². The topological polar surface area (TPSA) is 58.1 Å². The Kier molecular flexibility index (Phi) is 7.25. The lowest BCUT2D eigenvalue weighted by atomic mass is 9.66. The molecule has 8 aromatic rings. The molecule has 2 N–H and O–H groups in total. The number of anilines is 2. The molecule has 4 aliphatic rings. The molecule has 0 saturated heterocycles. The van der Waals surface area contributed by atoms with Crippen molar-refractivity contribution >= 4 is 17.2 Å². The number of nitrogens with one attached hydrogen (secondary N) is 2. The summed E-state index contributed by atoms with van der Waals surface area (Å²) < 4.78 is 13.7. The van der Waals surface area contributed by atoms with E-state index in [0.717, 1.165) is 73.6 Å². The van der Waals surface area contributed by atoms with Gasteiger partial charge in [0.05, 0.1) is 16.8 Å². The third kappa shape index (κ3) is 4.73. The lowest BCUT2D eigenvalue weighted by Crippen LogP contribution is -2.59. The van der Waals surface area contributed by atoms with E-state index in [-0.39, 0.29) is 12.5 Å². The van der Waals surface area contributed by atoms with Crippen molar-refractivity contribution in [3.8, 4) is 45.3 Å². The van der Waals surface area contributed by atoms with Gasteiger partial charge in [0.2, 0.25) is 0 Å². The number of amidine groups is 1. The smallest absolute Gasteiger partial charge is 0.163 e. The van der Waals surface area contributed by atoms with Gasteiger partial charge in [0, 0.05) is 22.3 Å². The second-order valence-electron chi connectivity index (χ2n) is 15.1. The first kappa shape index (κ1) is 32.8.